The molecule has 0 aromatic heterocycles. The normalized spacial score (nSPS) is 9.31. The maximum Gasteiger partial charge on any atom is 0.325 e. The average molecular weight is 221 g/mol. The van der Waals surface area contributed by atoms with Gasteiger partial charge >= 0.3 is 5.97 Å². The van der Waals surface area contributed by atoms with Gasteiger partial charge in [-0.2, -0.15) is 0 Å². The number of nitrogens with one attached hydrogen (secondary N) is 1. The summed E-state index contributed by atoms with van der Waals surface area (Å²) in [5, 5.41) is 2.35. The zero-order valence-corrected chi connectivity index (χ0v) is 8.73. The van der Waals surface area contributed by atoms with E-state index in [0.29, 0.717) is 6.29 Å². The second kappa shape index (κ2) is 5.65. The number of benzene rings is 1. The van der Waals surface area contributed by atoms with Crippen molar-refractivity contribution in [1.82, 2.24) is 5.32 Å². The van der Waals surface area contributed by atoms with Crippen molar-refractivity contribution in [2.24, 2.45) is 0 Å². The Morgan fingerprint density at radius 2 is 2.06 bits per heavy atom. The van der Waals surface area contributed by atoms with Gasteiger partial charge in [0.1, 0.15) is 6.54 Å². The van der Waals surface area contributed by atoms with Gasteiger partial charge in [-0.1, -0.05) is 18.2 Å². The van der Waals surface area contributed by atoms with E-state index in [2.05, 4.69) is 10.1 Å². The van der Waals surface area contributed by atoms with Crippen LogP contribution in [0, 0.1) is 0 Å². The van der Waals surface area contributed by atoms with Crippen LogP contribution in [-0.2, 0) is 9.53 Å². The van der Waals surface area contributed by atoms with Gasteiger partial charge in [0.15, 0.2) is 6.29 Å². The highest BCUT2D eigenvalue weighted by Crippen LogP contribution is 2.05. The topological polar surface area (TPSA) is 72.5 Å². The van der Waals surface area contributed by atoms with Gasteiger partial charge in [0.05, 0.1) is 7.11 Å². The summed E-state index contributed by atoms with van der Waals surface area (Å²) < 4.78 is 4.37. The molecule has 0 heterocycles. The van der Waals surface area contributed by atoms with Crippen LogP contribution in [0.5, 0.6) is 0 Å². The third-order valence-corrected chi connectivity index (χ3v) is 1.95. The molecule has 0 fully saturated rings. The number of hydrogen-bond donors (Lipinski definition) is 1. The van der Waals surface area contributed by atoms with Crippen molar-refractivity contribution >= 4 is 18.2 Å². The molecule has 1 aromatic rings. The Kier molecular flexibility index (Phi) is 4.20. The molecule has 0 bridgehead atoms. The van der Waals surface area contributed by atoms with Crippen LogP contribution in [0.15, 0.2) is 24.3 Å². The minimum Gasteiger partial charge on any atom is -0.468 e. The third kappa shape index (κ3) is 2.91. The van der Waals surface area contributed by atoms with Crippen molar-refractivity contribution in [1.29, 1.82) is 0 Å². The Hall–Kier alpha value is -2.17. The molecule has 5 nitrogen and oxygen atoms in total. The fourth-order valence-electron chi connectivity index (χ4n) is 1.13. The molecule has 0 aliphatic carbocycles. The highest BCUT2D eigenvalue weighted by atomic mass is 16.5. The van der Waals surface area contributed by atoms with Crippen molar-refractivity contribution in [3.05, 3.63) is 35.4 Å². The number of hydrogen-bond acceptors (Lipinski definition) is 4. The smallest absolute Gasteiger partial charge is 0.325 e. The summed E-state index contributed by atoms with van der Waals surface area (Å²) >= 11 is 0. The van der Waals surface area contributed by atoms with Crippen molar-refractivity contribution in [3.63, 3.8) is 0 Å². The number of carbonyl (C=O) groups is 3. The van der Waals surface area contributed by atoms with E-state index in [4.69, 9.17) is 0 Å². The molecule has 0 aliphatic heterocycles. The summed E-state index contributed by atoms with van der Waals surface area (Å²) in [6.45, 7) is -0.220. The molecule has 84 valence electrons. The van der Waals surface area contributed by atoms with E-state index in [0.717, 1.165) is 0 Å². The Labute approximate surface area is 92.4 Å². The van der Waals surface area contributed by atoms with Gasteiger partial charge < -0.3 is 10.1 Å². The first-order valence-electron chi connectivity index (χ1n) is 4.58. The molecule has 1 amide bonds. The van der Waals surface area contributed by atoms with E-state index < -0.39 is 11.9 Å². The third-order valence-electron chi connectivity index (χ3n) is 1.95. The Bertz CT molecular complexity index is 414. The Morgan fingerprint density at radius 1 is 1.38 bits per heavy atom. The number of methoxy groups -OCH3 is 1. The van der Waals surface area contributed by atoms with E-state index in [1.165, 1.54) is 19.2 Å². The van der Waals surface area contributed by atoms with Gasteiger partial charge in [-0.3, -0.25) is 14.4 Å². The molecule has 0 saturated carbocycles. The molecule has 5 heteroatoms. The summed E-state index contributed by atoms with van der Waals surface area (Å²) in [6.07, 6.45) is 0.590. The molecule has 0 atom stereocenters. The molecule has 16 heavy (non-hydrogen) atoms. The largest absolute Gasteiger partial charge is 0.468 e. The highest BCUT2D eigenvalue weighted by molar-refractivity contribution is 6.02. The Morgan fingerprint density at radius 3 is 2.69 bits per heavy atom. The lowest BCUT2D eigenvalue weighted by Crippen LogP contribution is -2.30. The van der Waals surface area contributed by atoms with Crippen LogP contribution in [-0.4, -0.2) is 31.8 Å². The number of aldehydes is 1. The molecule has 0 saturated heterocycles. The van der Waals surface area contributed by atoms with E-state index in [1.807, 2.05) is 0 Å². The maximum absolute atomic E-state index is 11.6. The average Bonchev–Trinajstić information content (AvgIpc) is 2.35. The van der Waals surface area contributed by atoms with Gasteiger partial charge in [0.25, 0.3) is 5.91 Å². The van der Waals surface area contributed by atoms with Crippen molar-refractivity contribution in [2.45, 2.75) is 0 Å². The predicted octanol–water partition coefficient (Wildman–Crippen LogP) is 0.402. The van der Waals surface area contributed by atoms with Crippen molar-refractivity contribution in [3.8, 4) is 0 Å². The summed E-state index contributed by atoms with van der Waals surface area (Å²) in [7, 11) is 1.23. The molecule has 1 aromatic carbocycles. The second-order valence-electron chi connectivity index (χ2n) is 2.96. The quantitative estimate of drug-likeness (QED) is 0.590. The minimum absolute atomic E-state index is 0.220. The number of carbonyl (C=O) groups excluding carboxylic acids is 3. The standard InChI is InChI=1S/C11H11NO4/c1-16-10(14)6-12-11(15)9-5-3-2-4-8(9)7-13/h2-5,7H,6H2,1H3,(H,12,15). The van der Waals surface area contributed by atoms with Crippen LogP contribution < -0.4 is 5.32 Å². The van der Waals surface area contributed by atoms with Gasteiger partial charge in [-0.05, 0) is 6.07 Å². The molecule has 0 spiro atoms. The summed E-state index contributed by atoms with van der Waals surface area (Å²) in [5.41, 5.74) is 0.520. The predicted molar refractivity (Wildman–Crippen MR) is 56.2 cm³/mol. The van der Waals surface area contributed by atoms with Crippen LogP contribution in [0.4, 0.5) is 0 Å². The first kappa shape index (κ1) is 11.9. The summed E-state index contributed by atoms with van der Waals surface area (Å²) in [4.78, 5) is 33.0. The summed E-state index contributed by atoms with van der Waals surface area (Å²) in [6, 6.07) is 6.33. The van der Waals surface area contributed by atoms with Crippen molar-refractivity contribution < 1.29 is 19.1 Å². The second-order valence-corrected chi connectivity index (χ2v) is 2.96. The van der Waals surface area contributed by atoms with Crippen LogP contribution in [0.3, 0.4) is 0 Å². The summed E-state index contributed by atoms with van der Waals surface area (Å²) in [5.74, 6) is -1.02. The lowest BCUT2D eigenvalue weighted by atomic mass is 10.1. The van der Waals surface area contributed by atoms with E-state index in [1.54, 1.807) is 12.1 Å². The fraction of sp³-hybridized carbons (Fsp3) is 0.182. The van der Waals surface area contributed by atoms with Crippen LogP contribution in [0.1, 0.15) is 20.7 Å². The molecule has 1 N–H and O–H groups in total. The van der Waals surface area contributed by atoms with Gasteiger partial charge in [0, 0.05) is 11.1 Å². The van der Waals surface area contributed by atoms with Crippen molar-refractivity contribution in [2.75, 3.05) is 13.7 Å². The zero-order chi connectivity index (χ0) is 12.0. The Balaban J connectivity index is 2.73. The van der Waals surface area contributed by atoms with E-state index >= 15 is 0 Å². The highest BCUT2D eigenvalue weighted by Gasteiger charge is 2.11. The first-order valence-corrected chi connectivity index (χ1v) is 4.58. The van der Waals surface area contributed by atoms with Crippen LogP contribution in [0.2, 0.25) is 0 Å². The number of esters is 1. The number of rotatable bonds is 4. The van der Waals surface area contributed by atoms with Gasteiger partial charge in [-0.15, -0.1) is 0 Å². The van der Waals surface area contributed by atoms with E-state index in [9.17, 15) is 14.4 Å². The minimum atomic E-state index is -0.545. The molecule has 0 unspecified atom stereocenters. The zero-order valence-electron chi connectivity index (χ0n) is 8.73. The molecule has 0 radical (unpaired) electrons. The number of ether oxygens (including phenoxy) is 1. The molecular weight excluding hydrogens is 210 g/mol. The maximum atomic E-state index is 11.6. The molecule has 0 aliphatic rings. The van der Waals surface area contributed by atoms with Gasteiger partial charge in [0.2, 0.25) is 0 Å². The monoisotopic (exact) mass is 221 g/mol. The van der Waals surface area contributed by atoms with E-state index in [-0.39, 0.29) is 17.7 Å². The first-order chi connectivity index (χ1) is 7.69. The van der Waals surface area contributed by atoms with Gasteiger partial charge in [-0.25, -0.2) is 0 Å². The lowest BCUT2D eigenvalue weighted by molar-refractivity contribution is -0.139. The van der Waals surface area contributed by atoms with Crippen LogP contribution in [0.25, 0.3) is 0 Å². The lowest BCUT2D eigenvalue weighted by Gasteiger charge is -2.05. The SMILES string of the molecule is COC(=O)CNC(=O)c1ccccc1C=O. The fourth-order valence-corrected chi connectivity index (χ4v) is 1.13. The molecule has 1 rings (SSSR count). The number of amides is 1. The van der Waals surface area contributed by atoms with Crippen LogP contribution >= 0.6 is 0 Å². The molecular formula is C11H11NO4.